The highest BCUT2D eigenvalue weighted by Crippen LogP contribution is 2.27. The third kappa shape index (κ3) is 2.60. The van der Waals surface area contributed by atoms with Gasteiger partial charge in [0.15, 0.2) is 0 Å². The first-order valence-corrected chi connectivity index (χ1v) is 7.03. The van der Waals surface area contributed by atoms with Gasteiger partial charge in [-0.05, 0) is 53.9 Å². The van der Waals surface area contributed by atoms with E-state index in [1.807, 2.05) is 17.8 Å². The van der Waals surface area contributed by atoms with E-state index >= 15 is 0 Å². The Bertz CT molecular complexity index is 523. The molecular formula is C12H13Br2N3. The molecule has 1 aromatic heterocycles. The molecule has 2 rings (SSSR count). The predicted octanol–water partition coefficient (Wildman–Crippen LogP) is 4.10. The Morgan fingerprint density at radius 1 is 1.29 bits per heavy atom. The molecule has 0 aliphatic carbocycles. The fraction of sp³-hybridized carbons (Fsp3) is 0.333. The lowest BCUT2D eigenvalue weighted by atomic mass is 10.1. The van der Waals surface area contributed by atoms with Crippen LogP contribution in [0.2, 0.25) is 0 Å². The lowest BCUT2D eigenvalue weighted by molar-refractivity contribution is 0.790. The average molecular weight is 359 g/mol. The zero-order chi connectivity index (χ0) is 12.6. The van der Waals surface area contributed by atoms with Gasteiger partial charge < -0.3 is 0 Å². The van der Waals surface area contributed by atoms with E-state index in [0.29, 0.717) is 0 Å². The van der Waals surface area contributed by atoms with Gasteiger partial charge in [0.25, 0.3) is 0 Å². The van der Waals surface area contributed by atoms with Gasteiger partial charge in [0.1, 0.15) is 0 Å². The average Bonchev–Trinajstić information content (AvgIpc) is 2.65. The van der Waals surface area contributed by atoms with Crippen molar-refractivity contribution in [2.45, 2.75) is 25.6 Å². The Labute approximate surface area is 117 Å². The molecule has 5 heteroatoms. The standard InChI is InChI=1S/C12H13Br2N3/c1-7-4-8(2)12(10(14)5-7)17-6-11(9(3)13)15-16-17/h4-6,9H,1-3H3. The Balaban J connectivity index is 2.52. The van der Waals surface area contributed by atoms with Crippen molar-refractivity contribution < 1.29 is 0 Å². The summed E-state index contributed by atoms with van der Waals surface area (Å²) in [5.74, 6) is 0. The molecule has 0 N–H and O–H groups in total. The van der Waals surface area contributed by atoms with Gasteiger partial charge in [0.05, 0.1) is 22.4 Å². The van der Waals surface area contributed by atoms with Crippen LogP contribution in [0.25, 0.3) is 5.69 Å². The largest absolute Gasteiger partial charge is 0.219 e. The summed E-state index contributed by atoms with van der Waals surface area (Å²) in [6.45, 7) is 6.19. The van der Waals surface area contributed by atoms with Crippen LogP contribution in [0.1, 0.15) is 28.6 Å². The van der Waals surface area contributed by atoms with E-state index in [4.69, 9.17) is 0 Å². The smallest absolute Gasteiger partial charge is 0.0965 e. The van der Waals surface area contributed by atoms with Crippen LogP contribution in [0.5, 0.6) is 0 Å². The number of hydrogen-bond donors (Lipinski definition) is 0. The zero-order valence-electron chi connectivity index (χ0n) is 9.91. The number of aryl methyl sites for hydroxylation is 2. The normalized spacial score (nSPS) is 12.8. The second-order valence-corrected chi connectivity index (χ2v) is 6.34. The van der Waals surface area contributed by atoms with Crippen LogP contribution in [-0.2, 0) is 0 Å². The quantitative estimate of drug-likeness (QED) is 0.756. The second-order valence-electron chi connectivity index (χ2n) is 4.12. The summed E-state index contributed by atoms with van der Waals surface area (Å²) < 4.78 is 2.85. The minimum atomic E-state index is 0.209. The third-order valence-electron chi connectivity index (χ3n) is 2.55. The first-order valence-electron chi connectivity index (χ1n) is 5.32. The molecule has 17 heavy (non-hydrogen) atoms. The Hall–Kier alpha value is -0.680. The Kier molecular flexibility index (Phi) is 3.68. The van der Waals surface area contributed by atoms with E-state index in [1.54, 1.807) is 0 Å². The summed E-state index contributed by atoms with van der Waals surface area (Å²) in [5.41, 5.74) is 4.38. The maximum Gasteiger partial charge on any atom is 0.0965 e. The van der Waals surface area contributed by atoms with Crippen LogP contribution < -0.4 is 0 Å². The van der Waals surface area contributed by atoms with Gasteiger partial charge in [0.2, 0.25) is 0 Å². The molecule has 0 amide bonds. The number of aromatic nitrogens is 3. The molecule has 0 fully saturated rings. The van der Waals surface area contributed by atoms with Crippen molar-refractivity contribution in [3.05, 3.63) is 39.6 Å². The molecule has 0 bridgehead atoms. The van der Waals surface area contributed by atoms with Crippen LogP contribution in [0, 0.1) is 13.8 Å². The minimum absolute atomic E-state index is 0.209. The van der Waals surface area contributed by atoms with E-state index in [9.17, 15) is 0 Å². The predicted molar refractivity (Wildman–Crippen MR) is 75.9 cm³/mol. The van der Waals surface area contributed by atoms with E-state index in [1.165, 1.54) is 11.1 Å². The second kappa shape index (κ2) is 4.90. The molecule has 0 aliphatic heterocycles. The van der Waals surface area contributed by atoms with Crippen molar-refractivity contribution >= 4 is 31.9 Å². The van der Waals surface area contributed by atoms with Crippen LogP contribution in [0.15, 0.2) is 22.8 Å². The van der Waals surface area contributed by atoms with E-state index in [0.717, 1.165) is 15.9 Å². The van der Waals surface area contributed by atoms with Crippen LogP contribution in [0.3, 0.4) is 0 Å². The van der Waals surface area contributed by atoms with Gasteiger partial charge in [-0.3, -0.25) is 0 Å². The monoisotopic (exact) mass is 357 g/mol. The highest BCUT2D eigenvalue weighted by molar-refractivity contribution is 9.10. The maximum atomic E-state index is 4.17. The molecule has 1 unspecified atom stereocenters. The first kappa shape index (κ1) is 12.8. The van der Waals surface area contributed by atoms with Gasteiger partial charge in [-0.1, -0.05) is 27.2 Å². The lowest BCUT2D eigenvalue weighted by Gasteiger charge is -2.09. The van der Waals surface area contributed by atoms with Gasteiger partial charge in [-0.2, -0.15) is 0 Å². The van der Waals surface area contributed by atoms with Gasteiger partial charge in [-0.15, -0.1) is 5.10 Å². The Morgan fingerprint density at radius 3 is 2.53 bits per heavy atom. The van der Waals surface area contributed by atoms with Crippen molar-refractivity contribution in [1.82, 2.24) is 15.0 Å². The van der Waals surface area contributed by atoms with Gasteiger partial charge in [0, 0.05) is 4.47 Å². The molecule has 0 aliphatic rings. The molecule has 1 aromatic carbocycles. The van der Waals surface area contributed by atoms with Crippen molar-refractivity contribution in [3.8, 4) is 5.69 Å². The number of benzene rings is 1. The summed E-state index contributed by atoms with van der Waals surface area (Å²) in [7, 11) is 0. The fourth-order valence-corrected chi connectivity index (χ4v) is 2.83. The number of alkyl halides is 1. The molecule has 3 nitrogen and oxygen atoms in total. The molecule has 90 valence electrons. The highest BCUT2D eigenvalue weighted by Gasteiger charge is 2.12. The maximum absolute atomic E-state index is 4.17. The summed E-state index contributed by atoms with van der Waals surface area (Å²) in [6, 6.07) is 4.22. The Morgan fingerprint density at radius 2 is 2.00 bits per heavy atom. The minimum Gasteiger partial charge on any atom is -0.219 e. The van der Waals surface area contributed by atoms with Crippen LogP contribution >= 0.6 is 31.9 Å². The molecule has 1 heterocycles. The summed E-state index contributed by atoms with van der Waals surface area (Å²) in [4.78, 5) is 0.209. The van der Waals surface area contributed by atoms with Crippen LogP contribution in [0.4, 0.5) is 0 Å². The third-order valence-corrected chi connectivity index (χ3v) is 3.62. The molecule has 0 radical (unpaired) electrons. The number of halogens is 2. The number of hydrogen-bond acceptors (Lipinski definition) is 2. The molecule has 0 saturated carbocycles. The summed E-state index contributed by atoms with van der Waals surface area (Å²) in [6.07, 6.45) is 1.95. The molecule has 0 spiro atoms. The first-order chi connectivity index (χ1) is 7.99. The molecule has 0 saturated heterocycles. The topological polar surface area (TPSA) is 30.7 Å². The zero-order valence-corrected chi connectivity index (χ0v) is 13.1. The molecular weight excluding hydrogens is 346 g/mol. The fourth-order valence-electron chi connectivity index (χ4n) is 1.77. The van der Waals surface area contributed by atoms with Gasteiger partial charge >= 0.3 is 0 Å². The molecule has 1 atom stereocenters. The van der Waals surface area contributed by atoms with E-state index in [-0.39, 0.29) is 4.83 Å². The van der Waals surface area contributed by atoms with Gasteiger partial charge in [-0.25, -0.2) is 4.68 Å². The van der Waals surface area contributed by atoms with E-state index in [2.05, 4.69) is 68.2 Å². The number of rotatable bonds is 2. The van der Waals surface area contributed by atoms with E-state index < -0.39 is 0 Å². The summed E-state index contributed by atoms with van der Waals surface area (Å²) >= 11 is 7.07. The van der Waals surface area contributed by atoms with Crippen molar-refractivity contribution in [1.29, 1.82) is 0 Å². The lowest BCUT2D eigenvalue weighted by Crippen LogP contribution is -2.00. The van der Waals surface area contributed by atoms with Crippen molar-refractivity contribution in [2.75, 3.05) is 0 Å². The molecule has 2 aromatic rings. The van der Waals surface area contributed by atoms with Crippen molar-refractivity contribution in [3.63, 3.8) is 0 Å². The summed E-state index contributed by atoms with van der Waals surface area (Å²) in [5, 5.41) is 8.31. The SMILES string of the molecule is Cc1cc(C)c(-n2cc(C(C)Br)nn2)c(Br)c1. The highest BCUT2D eigenvalue weighted by atomic mass is 79.9. The number of nitrogens with zero attached hydrogens (tertiary/aromatic N) is 3. The van der Waals surface area contributed by atoms with Crippen LogP contribution in [-0.4, -0.2) is 15.0 Å². The van der Waals surface area contributed by atoms with Crippen molar-refractivity contribution in [2.24, 2.45) is 0 Å².